The van der Waals surface area contributed by atoms with E-state index in [9.17, 15) is 5.48 Å². The molecule has 0 N–H and O–H groups in total. The van der Waals surface area contributed by atoms with Gasteiger partial charge in [0.2, 0.25) is 0 Å². The van der Waals surface area contributed by atoms with E-state index in [1.54, 1.807) is 4.57 Å². The Labute approximate surface area is 537 Å². The average molecular weight is 1160 g/mol. The number of para-hydroxylation sites is 2. The molecule has 10 aromatic carbocycles. The Morgan fingerprint density at radius 3 is 0.989 bits per heavy atom. The highest BCUT2D eigenvalue weighted by atomic mass is 15.2. The van der Waals surface area contributed by atoms with E-state index in [-0.39, 0.29) is 85.2 Å². The number of nitrogens with zero attached hydrogens (tertiary/aromatic N) is 3. The molecule has 3 heterocycles. The maximum Gasteiger partial charge on any atom is 0.252 e. The van der Waals surface area contributed by atoms with Crippen LogP contribution in [0, 0.1) is 0 Å². The molecular formula is C84H88BN3. The Hall–Kier alpha value is -8.34. The van der Waals surface area contributed by atoms with Crippen LogP contribution in [0.4, 0.5) is 34.1 Å². The quantitative estimate of drug-likeness (QED) is 0.154. The highest BCUT2D eigenvalue weighted by molar-refractivity contribution is 7.00. The molecule has 442 valence electrons. The molecule has 0 unspecified atom stereocenters. The molecule has 88 heavy (non-hydrogen) atoms. The Balaban J connectivity index is 1.09. The highest BCUT2D eigenvalue weighted by Gasteiger charge is 2.44. The van der Waals surface area contributed by atoms with Gasteiger partial charge >= 0.3 is 0 Å². The largest absolute Gasteiger partial charge is 0.311 e. The maximum absolute atomic E-state index is 9.54. The number of fused-ring (bicyclic) bond motifs is 7. The standard InChI is InChI=1S/C84H88BN3/c1-79(2,3)59-42-56(43-60(49-59)80(4,5)6)53-30-35-65(36-31-53)86-74-28-23-29-75-78(74)85(70-40-34-55(48-76(70)86)58-46-63(83(13,14)15)51-64(47-58)84(16,17)18)71-41-39-67(88-72-26-21-19-24-68(72)69-25-20-22-27-73(69)88)52-77(71)87(75)66-37-32-54(33-38-66)57-44-61(81(7,8)9)50-62(45-57)82(10,11)12/h19-52H,1-18H3/i19D,20D,21D,22D,24D,25D,26D,27D. The smallest absolute Gasteiger partial charge is 0.252 e. The van der Waals surface area contributed by atoms with Gasteiger partial charge in [0.1, 0.15) is 0 Å². The predicted octanol–water partition coefficient (Wildman–Crippen LogP) is 21.7. The third-order valence-electron chi connectivity index (χ3n) is 18.5. The summed E-state index contributed by atoms with van der Waals surface area (Å²) in [5.41, 5.74) is 23.4. The monoisotopic (exact) mass is 1160 g/mol. The number of hydrogen-bond donors (Lipinski definition) is 0. The fourth-order valence-electron chi connectivity index (χ4n) is 13.1. The lowest BCUT2D eigenvalue weighted by Gasteiger charge is -2.44. The number of hydrogen-bond acceptors (Lipinski definition) is 2. The molecule has 0 radical (unpaired) electrons. The minimum Gasteiger partial charge on any atom is -0.311 e. The van der Waals surface area contributed by atoms with E-state index in [1.165, 1.54) is 38.9 Å². The molecule has 13 rings (SSSR count). The van der Waals surface area contributed by atoms with E-state index in [1.807, 2.05) is 12.1 Å². The normalized spacial score (nSPS) is 15.0. The van der Waals surface area contributed by atoms with E-state index >= 15 is 0 Å². The fourth-order valence-corrected chi connectivity index (χ4v) is 13.1. The van der Waals surface area contributed by atoms with Crippen LogP contribution < -0.4 is 26.2 Å². The SMILES string of the molecule is [2H]c1c([2H])c([2H])c2c(c1[2H])c1c([2H])c([2H])c([2H])c([2H])c1n2-c1ccc2c(c1)N(c1ccc(-c3cc(C(C)(C)C)cc(C(C)(C)C)c3)cc1)c1cccc3c1B2c1ccc(-c2cc(C(C)(C)C)cc(C(C)(C)C)c2)cc1N3c1ccc(-c2cc(C(C)(C)C)cc(C(C)(C)C)c2)cc1. The van der Waals surface area contributed by atoms with Crippen LogP contribution in [-0.4, -0.2) is 11.3 Å². The molecule has 2 aliphatic rings. The highest BCUT2D eigenvalue weighted by Crippen LogP contribution is 2.48. The van der Waals surface area contributed by atoms with Crippen molar-refractivity contribution in [3.05, 3.63) is 239 Å². The first-order valence-corrected chi connectivity index (χ1v) is 31.4. The summed E-state index contributed by atoms with van der Waals surface area (Å²) in [5, 5.41) is 0.0726. The maximum atomic E-state index is 9.54. The number of benzene rings is 10. The van der Waals surface area contributed by atoms with E-state index in [4.69, 9.17) is 5.48 Å². The first kappa shape index (κ1) is 49.6. The number of rotatable bonds is 6. The van der Waals surface area contributed by atoms with Crippen molar-refractivity contribution in [3.63, 3.8) is 0 Å². The Kier molecular flexibility index (Phi) is 11.6. The van der Waals surface area contributed by atoms with Gasteiger partial charge in [-0.25, -0.2) is 0 Å². The molecule has 1 aromatic heterocycles. The summed E-state index contributed by atoms with van der Waals surface area (Å²) in [5.74, 6) is 0. The Morgan fingerprint density at radius 1 is 0.295 bits per heavy atom. The number of anilines is 6. The molecule has 3 nitrogen and oxygen atoms in total. The van der Waals surface area contributed by atoms with Crippen molar-refractivity contribution in [1.82, 2.24) is 4.57 Å². The third kappa shape index (κ3) is 10.4. The lowest BCUT2D eigenvalue weighted by atomic mass is 9.33. The molecule has 0 bridgehead atoms. The van der Waals surface area contributed by atoms with Crippen molar-refractivity contribution in [2.75, 3.05) is 9.80 Å². The molecule has 2 aliphatic heterocycles. The minimum atomic E-state index is -0.479. The second-order valence-electron chi connectivity index (χ2n) is 31.1. The molecule has 11 aromatic rings. The van der Waals surface area contributed by atoms with Crippen LogP contribution in [0.3, 0.4) is 0 Å². The van der Waals surface area contributed by atoms with Gasteiger partial charge in [0, 0.05) is 50.6 Å². The lowest BCUT2D eigenvalue weighted by Crippen LogP contribution is -2.61. The third-order valence-corrected chi connectivity index (χ3v) is 18.5. The summed E-state index contributed by atoms with van der Waals surface area (Å²) in [7, 11) is 0. The molecule has 0 aliphatic carbocycles. The van der Waals surface area contributed by atoms with Crippen molar-refractivity contribution in [3.8, 4) is 39.1 Å². The summed E-state index contributed by atoms with van der Waals surface area (Å²) in [6, 6.07) is 55.5. The van der Waals surface area contributed by atoms with Gasteiger partial charge in [-0.3, -0.25) is 0 Å². The van der Waals surface area contributed by atoms with Crippen LogP contribution in [0.1, 0.15) is 169 Å². The van der Waals surface area contributed by atoms with Crippen molar-refractivity contribution in [2.24, 2.45) is 0 Å². The van der Waals surface area contributed by atoms with Crippen LogP contribution in [0.25, 0.3) is 60.9 Å². The van der Waals surface area contributed by atoms with Gasteiger partial charge in [-0.1, -0.05) is 264 Å². The van der Waals surface area contributed by atoms with E-state index in [0.29, 0.717) is 5.69 Å². The zero-order valence-corrected chi connectivity index (χ0v) is 54.9. The van der Waals surface area contributed by atoms with E-state index in [0.717, 1.165) is 78.3 Å². The summed E-state index contributed by atoms with van der Waals surface area (Å²) >= 11 is 0. The second kappa shape index (κ2) is 20.6. The van der Waals surface area contributed by atoms with Crippen molar-refractivity contribution < 1.29 is 11.0 Å². The molecule has 0 fully saturated rings. The first-order chi connectivity index (χ1) is 44.7. The number of aromatic nitrogens is 1. The fraction of sp³-hybridized carbons (Fsp3) is 0.286. The van der Waals surface area contributed by atoms with Crippen molar-refractivity contribution >= 4 is 79.0 Å². The molecule has 0 atom stereocenters. The van der Waals surface area contributed by atoms with Crippen LogP contribution in [-0.2, 0) is 32.5 Å². The van der Waals surface area contributed by atoms with Gasteiger partial charge in [-0.2, -0.15) is 0 Å². The molecule has 0 amide bonds. The molecule has 0 saturated heterocycles. The molecule has 4 heteroatoms. The van der Waals surface area contributed by atoms with Gasteiger partial charge in [0.25, 0.3) is 6.71 Å². The van der Waals surface area contributed by atoms with Crippen LogP contribution >= 0.6 is 0 Å². The zero-order chi connectivity index (χ0) is 69.3. The van der Waals surface area contributed by atoms with Gasteiger partial charge in [-0.15, -0.1) is 0 Å². The molecule has 0 spiro atoms. The van der Waals surface area contributed by atoms with Crippen LogP contribution in [0.2, 0.25) is 0 Å². The Morgan fingerprint density at radius 2 is 0.614 bits per heavy atom. The average Bonchev–Trinajstić information content (AvgIpc) is 1.22. The zero-order valence-electron chi connectivity index (χ0n) is 62.9. The lowest BCUT2D eigenvalue weighted by molar-refractivity contribution is 0.568. The van der Waals surface area contributed by atoms with Gasteiger partial charge < -0.3 is 14.4 Å². The summed E-state index contributed by atoms with van der Waals surface area (Å²) < 4.78 is 75.1. The van der Waals surface area contributed by atoms with E-state index < -0.39 is 24.2 Å². The van der Waals surface area contributed by atoms with Gasteiger partial charge in [0.05, 0.1) is 22.0 Å². The Bertz CT molecular complexity index is 4860. The van der Waals surface area contributed by atoms with Crippen molar-refractivity contribution in [1.29, 1.82) is 0 Å². The van der Waals surface area contributed by atoms with Gasteiger partial charge in [0.15, 0.2) is 0 Å². The summed E-state index contributed by atoms with van der Waals surface area (Å²) in [6.07, 6.45) is 0. The summed E-state index contributed by atoms with van der Waals surface area (Å²) in [6.45, 7) is 40.6. The topological polar surface area (TPSA) is 11.4 Å². The van der Waals surface area contributed by atoms with Crippen molar-refractivity contribution in [2.45, 2.75) is 157 Å². The predicted molar refractivity (Wildman–Crippen MR) is 383 cm³/mol. The molecule has 0 saturated carbocycles. The van der Waals surface area contributed by atoms with Crippen LogP contribution in [0.15, 0.2) is 206 Å². The van der Waals surface area contributed by atoms with Crippen LogP contribution in [0.5, 0.6) is 0 Å². The minimum absolute atomic E-state index is 0.0363. The second-order valence-corrected chi connectivity index (χ2v) is 31.1. The first-order valence-electron chi connectivity index (χ1n) is 35.4. The summed E-state index contributed by atoms with van der Waals surface area (Å²) in [4.78, 5) is 4.76. The molecular weight excluding hydrogens is 1060 g/mol. The van der Waals surface area contributed by atoms with Gasteiger partial charge in [-0.05, 0) is 182 Å². The van der Waals surface area contributed by atoms with E-state index in [2.05, 4.69) is 280 Å².